The highest BCUT2D eigenvalue weighted by atomic mass is 35.5. The molecule has 0 bridgehead atoms. The second-order valence-corrected chi connectivity index (χ2v) is 2.88. The Balaban J connectivity index is 2.22. The first-order valence-electron chi connectivity index (χ1n) is 3.27. The van der Waals surface area contributed by atoms with E-state index in [0.29, 0.717) is 11.2 Å². The molecule has 10 heavy (non-hydrogen) atoms. The average molecular weight is 158 g/mol. The molecule has 2 rings (SSSR count). The number of dihydropyridines is 1. The molecule has 0 amide bonds. The van der Waals surface area contributed by atoms with Crippen LogP contribution in [-0.4, -0.2) is 19.3 Å². The van der Waals surface area contributed by atoms with Crippen molar-refractivity contribution in [2.45, 2.75) is 6.04 Å². The predicted molar refractivity (Wildman–Crippen MR) is 39.8 cm³/mol. The van der Waals surface area contributed by atoms with Gasteiger partial charge in [-0.05, 0) is 11.6 Å². The number of halogens is 1. The van der Waals surface area contributed by atoms with Gasteiger partial charge in [-0.15, -0.1) is 0 Å². The van der Waals surface area contributed by atoms with Crippen molar-refractivity contribution < 1.29 is 4.74 Å². The highest BCUT2D eigenvalue weighted by Crippen LogP contribution is 2.18. The molecule has 3 heteroatoms. The van der Waals surface area contributed by atoms with E-state index >= 15 is 0 Å². The van der Waals surface area contributed by atoms with Crippen LogP contribution in [0.15, 0.2) is 22.9 Å². The topological polar surface area (TPSA) is 21.3 Å². The molecule has 0 aromatic rings. The Hall–Kier alpha value is -0.470. The second kappa shape index (κ2) is 2.29. The number of allylic oxidation sites excluding steroid dienone is 2. The van der Waals surface area contributed by atoms with Gasteiger partial charge in [0.15, 0.2) is 0 Å². The molecule has 0 aliphatic carbocycles. The maximum absolute atomic E-state index is 5.73. The van der Waals surface area contributed by atoms with Crippen molar-refractivity contribution in [1.29, 1.82) is 0 Å². The molecular formula is C7H8ClNO. The van der Waals surface area contributed by atoms with Gasteiger partial charge in [-0.25, -0.2) is 0 Å². The summed E-state index contributed by atoms with van der Waals surface area (Å²) in [6, 6.07) is 0.331. The zero-order valence-corrected chi connectivity index (χ0v) is 6.19. The first-order valence-corrected chi connectivity index (χ1v) is 3.64. The van der Waals surface area contributed by atoms with E-state index in [1.807, 2.05) is 12.2 Å². The number of nitrogens with one attached hydrogen (secondary N) is 1. The third kappa shape index (κ3) is 0.935. The lowest BCUT2D eigenvalue weighted by atomic mass is 10.1. The summed E-state index contributed by atoms with van der Waals surface area (Å²) in [6.45, 7) is 1.49. The van der Waals surface area contributed by atoms with Crippen LogP contribution in [0.4, 0.5) is 0 Å². The second-order valence-electron chi connectivity index (χ2n) is 2.47. The zero-order valence-electron chi connectivity index (χ0n) is 5.43. The molecular weight excluding hydrogens is 150 g/mol. The highest BCUT2D eigenvalue weighted by Gasteiger charge is 2.23. The van der Waals surface area contributed by atoms with Crippen molar-refractivity contribution in [3.8, 4) is 0 Å². The van der Waals surface area contributed by atoms with Gasteiger partial charge in [0.1, 0.15) is 5.16 Å². The van der Waals surface area contributed by atoms with E-state index in [1.165, 1.54) is 5.57 Å². The smallest absolute Gasteiger partial charge is 0.102 e. The minimum absolute atomic E-state index is 0.331. The normalized spacial score (nSPS) is 30.3. The number of fused-ring (bicyclic) bond motifs is 1. The van der Waals surface area contributed by atoms with Crippen molar-refractivity contribution in [2.24, 2.45) is 0 Å². The number of hydrogen-bond acceptors (Lipinski definition) is 2. The van der Waals surface area contributed by atoms with Gasteiger partial charge >= 0.3 is 0 Å². The van der Waals surface area contributed by atoms with Crippen molar-refractivity contribution in [1.82, 2.24) is 5.32 Å². The van der Waals surface area contributed by atoms with Crippen LogP contribution in [0.25, 0.3) is 0 Å². The molecule has 2 nitrogen and oxygen atoms in total. The largest absolute Gasteiger partial charge is 0.375 e. The van der Waals surface area contributed by atoms with Crippen LogP contribution in [0.2, 0.25) is 0 Å². The molecule has 2 heterocycles. The Labute approximate surface area is 64.5 Å². The molecule has 1 saturated heterocycles. The summed E-state index contributed by atoms with van der Waals surface area (Å²) < 4.78 is 5.22. The molecule has 0 aromatic heterocycles. The van der Waals surface area contributed by atoms with Gasteiger partial charge in [-0.1, -0.05) is 17.7 Å². The maximum atomic E-state index is 5.73. The first-order chi connectivity index (χ1) is 4.86. The van der Waals surface area contributed by atoms with E-state index in [2.05, 4.69) is 5.32 Å². The number of ether oxygens (including phenoxy) is 1. The fraction of sp³-hybridized carbons (Fsp3) is 0.429. The van der Waals surface area contributed by atoms with Crippen LogP contribution in [0.1, 0.15) is 0 Å². The van der Waals surface area contributed by atoms with Crippen LogP contribution in [0.3, 0.4) is 0 Å². The third-order valence-corrected chi connectivity index (χ3v) is 1.99. The van der Waals surface area contributed by atoms with E-state index in [0.717, 1.165) is 13.2 Å². The summed E-state index contributed by atoms with van der Waals surface area (Å²) in [5.74, 6) is 0. The maximum Gasteiger partial charge on any atom is 0.102 e. The van der Waals surface area contributed by atoms with Gasteiger partial charge in [0.05, 0.1) is 19.3 Å². The van der Waals surface area contributed by atoms with Crippen molar-refractivity contribution in [2.75, 3.05) is 13.2 Å². The Morgan fingerprint density at radius 2 is 2.50 bits per heavy atom. The van der Waals surface area contributed by atoms with Gasteiger partial charge in [-0.3, -0.25) is 0 Å². The van der Waals surface area contributed by atoms with Gasteiger partial charge < -0.3 is 10.1 Å². The van der Waals surface area contributed by atoms with Gasteiger partial charge in [0.2, 0.25) is 0 Å². The Bertz CT molecular complexity index is 210. The molecule has 0 spiro atoms. The molecule has 2 aliphatic rings. The molecule has 2 aliphatic heterocycles. The van der Waals surface area contributed by atoms with Crippen LogP contribution < -0.4 is 5.32 Å². The summed E-state index contributed by atoms with van der Waals surface area (Å²) in [5, 5.41) is 3.82. The Morgan fingerprint density at radius 1 is 1.60 bits per heavy atom. The van der Waals surface area contributed by atoms with Crippen molar-refractivity contribution in [3.05, 3.63) is 22.9 Å². The van der Waals surface area contributed by atoms with E-state index in [-0.39, 0.29) is 0 Å². The monoisotopic (exact) mass is 157 g/mol. The molecule has 1 unspecified atom stereocenters. The van der Waals surface area contributed by atoms with Crippen LogP contribution in [0, 0.1) is 0 Å². The van der Waals surface area contributed by atoms with Crippen LogP contribution >= 0.6 is 11.6 Å². The molecule has 1 atom stereocenters. The summed E-state index contributed by atoms with van der Waals surface area (Å²) in [7, 11) is 0. The molecule has 0 saturated carbocycles. The Kier molecular flexibility index (Phi) is 1.43. The molecule has 0 radical (unpaired) electrons. The van der Waals surface area contributed by atoms with Crippen LogP contribution in [0.5, 0.6) is 0 Å². The highest BCUT2D eigenvalue weighted by molar-refractivity contribution is 6.29. The molecule has 1 N–H and O–H groups in total. The quantitative estimate of drug-likeness (QED) is 0.530. The fourth-order valence-electron chi connectivity index (χ4n) is 1.20. The number of hydrogen-bond donors (Lipinski definition) is 1. The van der Waals surface area contributed by atoms with Crippen LogP contribution in [-0.2, 0) is 4.74 Å². The summed E-state index contributed by atoms with van der Waals surface area (Å²) in [4.78, 5) is 0. The SMILES string of the molecule is ClC1=CC=C2COCC2N1. The minimum Gasteiger partial charge on any atom is -0.375 e. The molecule has 54 valence electrons. The van der Waals surface area contributed by atoms with Gasteiger partial charge in [0.25, 0.3) is 0 Å². The first kappa shape index (κ1) is 6.25. The van der Waals surface area contributed by atoms with E-state index in [9.17, 15) is 0 Å². The summed E-state index contributed by atoms with van der Waals surface area (Å²) in [5.41, 5.74) is 1.30. The fourth-order valence-corrected chi connectivity index (χ4v) is 1.39. The summed E-state index contributed by atoms with van der Waals surface area (Å²) in [6.07, 6.45) is 3.89. The number of rotatable bonds is 0. The Morgan fingerprint density at radius 3 is 3.40 bits per heavy atom. The minimum atomic E-state index is 0.331. The van der Waals surface area contributed by atoms with E-state index < -0.39 is 0 Å². The average Bonchev–Trinajstić information content (AvgIpc) is 2.33. The molecule has 1 fully saturated rings. The standard InChI is InChI=1S/C7H8ClNO/c8-7-2-1-5-3-10-4-6(5)9-7/h1-2,6,9H,3-4H2. The molecule has 0 aromatic carbocycles. The van der Waals surface area contributed by atoms with Crippen molar-refractivity contribution >= 4 is 11.6 Å². The van der Waals surface area contributed by atoms with Gasteiger partial charge in [0, 0.05) is 0 Å². The van der Waals surface area contributed by atoms with Crippen molar-refractivity contribution in [3.63, 3.8) is 0 Å². The lowest BCUT2D eigenvalue weighted by molar-refractivity contribution is 0.196. The lowest BCUT2D eigenvalue weighted by Crippen LogP contribution is -2.30. The lowest BCUT2D eigenvalue weighted by Gasteiger charge is -2.15. The third-order valence-electron chi connectivity index (χ3n) is 1.76. The predicted octanol–water partition coefficient (Wildman–Crippen LogP) is 0.995. The van der Waals surface area contributed by atoms with E-state index in [1.54, 1.807) is 0 Å². The van der Waals surface area contributed by atoms with Gasteiger partial charge in [-0.2, -0.15) is 0 Å². The zero-order chi connectivity index (χ0) is 6.97. The van der Waals surface area contributed by atoms with E-state index in [4.69, 9.17) is 16.3 Å². The summed E-state index contributed by atoms with van der Waals surface area (Å²) >= 11 is 5.73.